The van der Waals surface area contributed by atoms with E-state index in [1.54, 1.807) is 18.2 Å². The molecule has 3 aromatic rings. The molecular weight excluding hydrogens is 361 g/mol. The quantitative estimate of drug-likeness (QED) is 0.762. The van der Waals surface area contributed by atoms with Gasteiger partial charge in [-0.3, -0.25) is 9.10 Å². The van der Waals surface area contributed by atoms with Crippen molar-refractivity contribution in [2.45, 2.75) is 4.90 Å². The van der Waals surface area contributed by atoms with Crippen LogP contribution in [0.15, 0.2) is 64.3 Å². The van der Waals surface area contributed by atoms with Gasteiger partial charge in [0.25, 0.3) is 10.0 Å². The zero-order chi connectivity index (χ0) is 18.3. The summed E-state index contributed by atoms with van der Waals surface area (Å²) in [7, 11) is -4.15. The summed E-state index contributed by atoms with van der Waals surface area (Å²) in [6, 6.07) is 10.3. The third-order valence-electron chi connectivity index (χ3n) is 4.01. The summed E-state index contributed by atoms with van der Waals surface area (Å²) < 4.78 is 46.3. The topological polar surface area (TPSA) is 92.5 Å². The molecule has 0 saturated heterocycles. The van der Waals surface area contributed by atoms with Crippen molar-refractivity contribution in [3.05, 3.63) is 60.7 Å². The minimum atomic E-state index is -4.15. The maximum atomic E-state index is 14.1. The number of anilines is 2. The Hall–Kier alpha value is -3.20. The van der Waals surface area contributed by atoms with Crippen LogP contribution in [0.5, 0.6) is 0 Å². The maximum absolute atomic E-state index is 14.1. The molecule has 0 atom stereocenters. The van der Waals surface area contributed by atoms with Crippen molar-refractivity contribution in [2.75, 3.05) is 16.2 Å². The number of para-hydroxylation sites is 1. The summed E-state index contributed by atoms with van der Waals surface area (Å²) in [5.41, 5.74) is 0.766. The summed E-state index contributed by atoms with van der Waals surface area (Å²) in [6.07, 6.45) is 2.72. The fourth-order valence-corrected chi connectivity index (χ4v) is 4.49. The predicted molar refractivity (Wildman–Crippen MR) is 91.5 cm³/mol. The molecule has 0 aliphatic carbocycles. The Morgan fingerprint density at radius 3 is 2.73 bits per heavy atom. The molecule has 0 saturated carbocycles. The van der Waals surface area contributed by atoms with Gasteiger partial charge in [0.15, 0.2) is 0 Å². The SMILES string of the molecule is O=C1CN(S(=O)(=O)c2ccccc2-c2cnoc2)c2cccc(F)c2N1. The van der Waals surface area contributed by atoms with E-state index in [0.29, 0.717) is 11.1 Å². The first-order chi connectivity index (χ1) is 12.5. The van der Waals surface area contributed by atoms with E-state index in [9.17, 15) is 17.6 Å². The van der Waals surface area contributed by atoms with Gasteiger partial charge in [0, 0.05) is 11.1 Å². The lowest BCUT2D eigenvalue weighted by Crippen LogP contribution is -2.42. The van der Waals surface area contributed by atoms with Gasteiger partial charge in [-0.2, -0.15) is 0 Å². The van der Waals surface area contributed by atoms with Gasteiger partial charge in [0.05, 0.1) is 16.8 Å². The molecule has 1 aliphatic rings. The van der Waals surface area contributed by atoms with Crippen LogP contribution in [0.3, 0.4) is 0 Å². The molecule has 0 bridgehead atoms. The smallest absolute Gasteiger partial charge is 0.265 e. The number of benzene rings is 2. The lowest BCUT2D eigenvalue weighted by atomic mass is 10.1. The van der Waals surface area contributed by atoms with Crippen molar-refractivity contribution in [3.8, 4) is 11.1 Å². The molecule has 0 fully saturated rings. The lowest BCUT2D eigenvalue weighted by Gasteiger charge is -2.30. The number of amides is 1. The molecule has 2 heterocycles. The normalized spacial score (nSPS) is 14.0. The van der Waals surface area contributed by atoms with Gasteiger partial charge in [-0.05, 0) is 18.2 Å². The molecule has 9 heteroatoms. The summed E-state index contributed by atoms with van der Waals surface area (Å²) in [4.78, 5) is 11.9. The van der Waals surface area contributed by atoms with E-state index in [-0.39, 0.29) is 16.3 Å². The summed E-state index contributed by atoms with van der Waals surface area (Å²) in [6.45, 7) is -0.448. The van der Waals surface area contributed by atoms with Crippen LogP contribution in [0.2, 0.25) is 0 Å². The maximum Gasteiger partial charge on any atom is 0.265 e. The van der Waals surface area contributed by atoms with E-state index < -0.39 is 28.3 Å². The summed E-state index contributed by atoms with van der Waals surface area (Å²) >= 11 is 0. The van der Waals surface area contributed by atoms with Crippen LogP contribution in [0, 0.1) is 5.82 Å². The molecule has 26 heavy (non-hydrogen) atoms. The average Bonchev–Trinajstić information content (AvgIpc) is 3.16. The molecule has 0 unspecified atom stereocenters. The highest BCUT2D eigenvalue weighted by Crippen LogP contribution is 2.37. The Morgan fingerprint density at radius 2 is 1.96 bits per heavy atom. The van der Waals surface area contributed by atoms with E-state index in [2.05, 4.69) is 10.5 Å². The Bertz CT molecular complexity index is 1100. The third-order valence-corrected chi connectivity index (χ3v) is 5.83. The van der Waals surface area contributed by atoms with Gasteiger partial charge < -0.3 is 9.84 Å². The fraction of sp³-hybridized carbons (Fsp3) is 0.0588. The number of rotatable bonds is 3. The predicted octanol–water partition coefficient (Wildman–Crippen LogP) is 2.63. The van der Waals surface area contributed by atoms with Crippen LogP contribution >= 0.6 is 0 Å². The van der Waals surface area contributed by atoms with E-state index in [1.165, 1.54) is 30.7 Å². The second-order valence-electron chi connectivity index (χ2n) is 5.60. The number of aromatic nitrogens is 1. The van der Waals surface area contributed by atoms with Gasteiger partial charge in [-0.15, -0.1) is 0 Å². The number of carbonyl (C=O) groups is 1. The van der Waals surface area contributed by atoms with Crippen LogP contribution in [-0.2, 0) is 14.8 Å². The molecule has 0 radical (unpaired) electrons. The van der Waals surface area contributed by atoms with Crippen LogP contribution in [0.1, 0.15) is 0 Å². The molecule has 0 spiro atoms. The van der Waals surface area contributed by atoms with E-state index in [0.717, 1.165) is 10.4 Å². The number of hydrogen-bond donors (Lipinski definition) is 1. The molecule has 7 nitrogen and oxygen atoms in total. The second-order valence-corrected chi connectivity index (χ2v) is 7.43. The Balaban J connectivity index is 1.90. The summed E-state index contributed by atoms with van der Waals surface area (Å²) in [5.74, 6) is -1.32. The Kier molecular flexibility index (Phi) is 3.73. The van der Waals surface area contributed by atoms with E-state index in [4.69, 9.17) is 4.52 Å². The number of fused-ring (bicyclic) bond motifs is 1. The van der Waals surface area contributed by atoms with Crippen molar-refractivity contribution in [1.29, 1.82) is 0 Å². The van der Waals surface area contributed by atoms with Gasteiger partial charge in [0.2, 0.25) is 5.91 Å². The van der Waals surface area contributed by atoms with Crippen LogP contribution in [-0.4, -0.2) is 26.0 Å². The molecule has 1 aromatic heterocycles. The largest absolute Gasteiger partial charge is 0.364 e. The lowest BCUT2D eigenvalue weighted by molar-refractivity contribution is -0.115. The number of carbonyl (C=O) groups excluding carboxylic acids is 1. The van der Waals surface area contributed by atoms with Crippen molar-refractivity contribution < 1.29 is 22.1 Å². The monoisotopic (exact) mass is 373 g/mol. The van der Waals surface area contributed by atoms with Crippen molar-refractivity contribution in [2.24, 2.45) is 0 Å². The minimum absolute atomic E-state index is 0.0342. The molecule has 4 rings (SSSR count). The molecule has 1 aliphatic heterocycles. The fourth-order valence-electron chi connectivity index (χ4n) is 2.84. The van der Waals surface area contributed by atoms with Gasteiger partial charge in [-0.25, -0.2) is 12.8 Å². The highest BCUT2D eigenvalue weighted by atomic mass is 32.2. The molecular formula is C17H12FN3O4S. The van der Waals surface area contributed by atoms with Crippen molar-refractivity contribution in [1.82, 2.24) is 5.16 Å². The van der Waals surface area contributed by atoms with E-state index in [1.807, 2.05) is 0 Å². The van der Waals surface area contributed by atoms with Crippen LogP contribution in [0.4, 0.5) is 15.8 Å². The number of nitrogens with one attached hydrogen (secondary N) is 1. The summed E-state index contributed by atoms with van der Waals surface area (Å²) in [5, 5.41) is 5.98. The molecule has 1 N–H and O–H groups in total. The van der Waals surface area contributed by atoms with Crippen molar-refractivity contribution >= 4 is 27.3 Å². The number of halogens is 1. The average molecular weight is 373 g/mol. The van der Waals surface area contributed by atoms with Gasteiger partial charge in [-0.1, -0.05) is 29.4 Å². The Morgan fingerprint density at radius 1 is 1.15 bits per heavy atom. The second kappa shape index (κ2) is 5.95. The minimum Gasteiger partial charge on any atom is -0.364 e. The number of nitrogens with zero attached hydrogens (tertiary/aromatic N) is 2. The number of sulfonamides is 1. The zero-order valence-corrected chi connectivity index (χ0v) is 14.0. The highest BCUT2D eigenvalue weighted by molar-refractivity contribution is 7.93. The third kappa shape index (κ3) is 2.53. The van der Waals surface area contributed by atoms with Gasteiger partial charge >= 0.3 is 0 Å². The van der Waals surface area contributed by atoms with E-state index >= 15 is 0 Å². The first-order valence-electron chi connectivity index (χ1n) is 7.58. The van der Waals surface area contributed by atoms with Crippen LogP contribution in [0.25, 0.3) is 11.1 Å². The Labute approximate surface area is 148 Å². The highest BCUT2D eigenvalue weighted by Gasteiger charge is 2.35. The number of hydrogen-bond acceptors (Lipinski definition) is 5. The van der Waals surface area contributed by atoms with Crippen LogP contribution < -0.4 is 9.62 Å². The van der Waals surface area contributed by atoms with Crippen molar-refractivity contribution in [3.63, 3.8) is 0 Å². The molecule has 1 amide bonds. The first kappa shape index (κ1) is 16.3. The van der Waals surface area contributed by atoms with Gasteiger partial charge in [0.1, 0.15) is 24.3 Å². The standard InChI is InChI=1S/C17H12FN3O4S/c18-13-5-3-6-14-17(13)20-16(22)9-21(14)26(23,24)15-7-2-1-4-12(15)11-8-19-25-10-11/h1-8,10H,9H2,(H,20,22). The zero-order valence-electron chi connectivity index (χ0n) is 13.2. The first-order valence-corrected chi connectivity index (χ1v) is 9.02. The molecule has 2 aromatic carbocycles. The molecule has 132 valence electrons.